The molecule has 1 aliphatic heterocycles. The van der Waals surface area contributed by atoms with Crippen molar-refractivity contribution in [2.24, 2.45) is 7.05 Å². The Hall–Kier alpha value is -3.47. The Morgan fingerprint density at radius 1 is 1.00 bits per heavy atom. The number of nitrogens with zero attached hydrogens (tertiary/aromatic N) is 3. The first kappa shape index (κ1) is 21.1. The molecule has 3 aliphatic rings. The zero-order valence-corrected chi connectivity index (χ0v) is 20.1. The lowest BCUT2D eigenvalue weighted by atomic mass is 9.68. The van der Waals surface area contributed by atoms with Crippen molar-refractivity contribution in [3.05, 3.63) is 95.4 Å². The molecule has 3 aromatic rings. The Balaban J connectivity index is 1.68. The second-order valence-electron chi connectivity index (χ2n) is 8.71. The van der Waals surface area contributed by atoms with E-state index in [1.165, 1.54) is 22.5 Å². The molecular formula is C25H18IN3O5. The van der Waals surface area contributed by atoms with E-state index in [0.29, 0.717) is 20.1 Å². The van der Waals surface area contributed by atoms with E-state index in [1.807, 2.05) is 46.9 Å². The summed E-state index contributed by atoms with van der Waals surface area (Å²) in [6.45, 7) is 0.185. The van der Waals surface area contributed by atoms with Crippen molar-refractivity contribution in [3.63, 3.8) is 0 Å². The predicted molar refractivity (Wildman–Crippen MR) is 133 cm³/mol. The molecule has 2 aromatic carbocycles. The molecule has 0 unspecified atom stereocenters. The van der Waals surface area contributed by atoms with E-state index in [0.717, 1.165) is 21.1 Å². The number of fused-ring (bicyclic) bond motifs is 4. The van der Waals surface area contributed by atoms with Crippen molar-refractivity contribution in [2.45, 2.75) is 24.9 Å². The van der Waals surface area contributed by atoms with Gasteiger partial charge in [-0.1, -0.05) is 36.4 Å². The van der Waals surface area contributed by atoms with Crippen LogP contribution in [0.15, 0.2) is 78.4 Å². The molecule has 2 aliphatic carbocycles. The van der Waals surface area contributed by atoms with Gasteiger partial charge < -0.3 is 5.11 Å². The molecule has 0 fully saturated rings. The second kappa shape index (κ2) is 7.26. The van der Waals surface area contributed by atoms with Gasteiger partial charge in [0.2, 0.25) is 0 Å². The average molecular weight is 567 g/mol. The summed E-state index contributed by atoms with van der Waals surface area (Å²) in [5.41, 5.74) is 1.46. The summed E-state index contributed by atoms with van der Waals surface area (Å²) in [6, 6.07) is 10.1. The topological polar surface area (TPSA) is 103 Å². The quantitative estimate of drug-likeness (QED) is 0.277. The van der Waals surface area contributed by atoms with Crippen LogP contribution in [0, 0.1) is 0 Å². The zero-order valence-electron chi connectivity index (χ0n) is 18.0. The number of rotatable bonds is 1. The zero-order chi connectivity index (χ0) is 23.9. The maximum atomic E-state index is 13.4. The molecule has 34 heavy (non-hydrogen) atoms. The van der Waals surface area contributed by atoms with Crippen LogP contribution >= 0.6 is 22.6 Å². The Labute approximate surface area is 206 Å². The van der Waals surface area contributed by atoms with Crippen LogP contribution in [0.5, 0.6) is 5.75 Å². The third kappa shape index (κ3) is 2.70. The molecule has 2 atom stereocenters. The van der Waals surface area contributed by atoms with Gasteiger partial charge in [-0.25, -0.2) is 23.5 Å². The van der Waals surface area contributed by atoms with E-state index in [9.17, 15) is 24.3 Å². The number of aromatic nitrogens is 3. The number of hydrogen-bond acceptors (Lipinski definition) is 5. The van der Waals surface area contributed by atoms with Crippen LogP contribution in [0.3, 0.4) is 0 Å². The Morgan fingerprint density at radius 3 is 2.50 bits per heavy atom. The van der Waals surface area contributed by atoms with E-state index >= 15 is 0 Å². The molecule has 170 valence electrons. The van der Waals surface area contributed by atoms with Crippen LogP contribution in [-0.2, 0) is 23.2 Å². The van der Waals surface area contributed by atoms with Crippen molar-refractivity contribution in [3.8, 4) is 5.75 Å². The highest BCUT2D eigenvalue weighted by Crippen LogP contribution is 2.51. The number of carbonyl (C=O) groups is 2. The van der Waals surface area contributed by atoms with Gasteiger partial charge in [0.05, 0.1) is 16.2 Å². The maximum absolute atomic E-state index is 13.4. The smallest absolute Gasteiger partial charge is 0.347 e. The number of ketones is 2. The Kier molecular flexibility index (Phi) is 4.50. The number of aromatic hydroxyl groups is 1. The number of carbonyl (C=O) groups excluding carboxylic acids is 2. The van der Waals surface area contributed by atoms with E-state index in [4.69, 9.17) is 0 Å². The number of halogens is 1. The van der Waals surface area contributed by atoms with Crippen LogP contribution in [0.25, 0.3) is 10.8 Å². The van der Waals surface area contributed by atoms with Crippen molar-refractivity contribution in [1.82, 2.24) is 13.9 Å². The molecule has 9 heteroatoms. The minimum Gasteiger partial charge on any atom is -0.507 e. The van der Waals surface area contributed by atoms with E-state index < -0.39 is 23.3 Å². The Morgan fingerprint density at radius 2 is 1.74 bits per heavy atom. The summed E-state index contributed by atoms with van der Waals surface area (Å²) in [5, 5.41) is 11.8. The van der Waals surface area contributed by atoms with Crippen LogP contribution in [0.4, 0.5) is 0 Å². The largest absolute Gasteiger partial charge is 0.507 e. The monoisotopic (exact) mass is 567 g/mol. The molecule has 2 heterocycles. The SMILES string of the molecule is Cn1c(=O)n2n(c1=O)[C@@H]1CC3=C(C(=O)C(I)=CC3=O)[C@@H](c3ccc(O)c4ccccc34)C1=CC2. The number of phenols is 1. The summed E-state index contributed by atoms with van der Waals surface area (Å²) in [6.07, 6.45) is 3.39. The fourth-order valence-electron chi connectivity index (χ4n) is 5.49. The van der Waals surface area contributed by atoms with E-state index in [-0.39, 0.29) is 30.3 Å². The van der Waals surface area contributed by atoms with E-state index in [2.05, 4.69) is 0 Å². The number of Topliss-reactive ketones (excluding diaryl/α,β-unsaturated/α-hetero) is 1. The first-order valence-corrected chi connectivity index (χ1v) is 11.9. The molecule has 6 rings (SSSR count). The van der Waals surface area contributed by atoms with Gasteiger partial charge >= 0.3 is 11.4 Å². The number of benzene rings is 2. The van der Waals surface area contributed by atoms with Gasteiger partial charge in [-0.15, -0.1) is 0 Å². The van der Waals surface area contributed by atoms with Crippen LogP contribution in [-0.4, -0.2) is 30.6 Å². The predicted octanol–water partition coefficient (Wildman–Crippen LogP) is 2.64. The summed E-state index contributed by atoms with van der Waals surface area (Å²) >= 11 is 1.89. The van der Waals surface area contributed by atoms with Crippen molar-refractivity contribution < 1.29 is 14.7 Å². The van der Waals surface area contributed by atoms with Gasteiger partial charge in [0, 0.05) is 42.0 Å². The number of phenolic OH excluding ortho intramolecular Hbond substituents is 1. The van der Waals surface area contributed by atoms with Gasteiger partial charge in [-0.3, -0.25) is 9.59 Å². The third-order valence-electron chi connectivity index (χ3n) is 7.04. The van der Waals surface area contributed by atoms with Gasteiger partial charge in [0.15, 0.2) is 11.6 Å². The standard InChI is InChI=1S/C25H18IN3O5/c1-27-24(33)28-9-8-15-18(29(28)25(27)34)10-16-20(31)11-17(26)23(32)22(16)21(15)14-6-7-19(30)13-5-3-2-4-12(13)14/h2-8,11,18,21,30H,9-10H2,1H3/t18-,21+/m1/s1. The maximum Gasteiger partial charge on any atom is 0.347 e. The van der Waals surface area contributed by atoms with Crippen LogP contribution in [0.1, 0.15) is 23.9 Å². The van der Waals surface area contributed by atoms with Gasteiger partial charge in [-0.05, 0) is 45.2 Å². The highest BCUT2D eigenvalue weighted by molar-refractivity contribution is 14.1. The molecule has 0 bridgehead atoms. The van der Waals surface area contributed by atoms with Crippen LogP contribution < -0.4 is 11.4 Å². The Bertz CT molecular complexity index is 1680. The van der Waals surface area contributed by atoms with Crippen LogP contribution in [0.2, 0.25) is 0 Å². The highest BCUT2D eigenvalue weighted by atomic mass is 127. The van der Waals surface area contributed by atoms with Gasteiger partial charge in [0.25, 0.3) is 0 Å². The molecule has 1 aromatic heterocycles. The van der Waals surface area contributed by atoms with Crippen molar-refractivity contribution in [2.75, 3.05) is 0 Å². The molecule has 0 amide bonds. The first-order valence-electron chi connectivity index (χ1n) is 10.8. The number of hydrogen-bond donors (Lipinski definition) is 1. The minimum absolute atomic E-state index is 0.118. The average Bonchev–Trinajstić information content (AvgIpc) is 3.06. The lowest BCUT2D eigenvalue weighted by Crippen LogP contribution is -2.40. The molecule has 8 nitrogen and oxygen atoms in total. The van der Waals surface area contributed by atoms with E-state index in [1.54, 1.807) is 18.2 Å². The lowest BCUT2D eigenvalue weighted by Gasteiger charge is -2.39. The summed E-state index contributed by atoms with van der Waals surface area (Å²) in [5.74, 6) is -0.938. The fraction of sp³-hybridized carbons (Fsp3) is 0.200. The van der Waals surface area contributed by atoms with Crippen molar-refractivity contribution >= 4 is 44.9 Å². The second-order valence-corrected chi connectivity index (χ2v) is 9.87. The molecule has 0 saturated carbocycles. The molecule has 1 N–H and O–H groups in total. The van der Waals surface area contributed by atoms with Crippen molar-refractivity contribution in [1.29, 1.82) is 0 Å². The fourth-order valence-corrected chi connectivity index (χ4v) is 6.06. The molecule has 0 radical (unpaired) electrons. The normalized spacial score (nSPS) is 21.7. The molecule has 0 saturated heterocycles. The molecular weight excluding hydrogens is 549 g/mol. The number of allylic oxidation sites excluding steroid dienone is 6. The summed E-state index contributed by atoms with van der Waals surface area (Å²) in [7, 11) is 1.43. The highest BCUT2D eigenvalue weighted by Gasteiger charge is 2.45. The summed E-state index contributed by atoms with van der Waals surface area (Å²) in [4.78, 5) is 52.2. The first-order chi connectivity index (χ1) is 16.3. The van der Waals surface area contributed by atoms with Gasteiger partial charge in [0.1, 0.15) is 5.75 Å². The molecule has 0 spiro atoms. The third-order valence-corrected chi connectivity index (χ3v) is 7.84. The lowest BCUT2D eigenvalue weighted by molar-refractivity contribution is -0.115. The summed E-state index contributed by atoms with van der Waals surface area (Å²) < 4.78 is 4.20. The van der Waals surface area contributed by atoms with Gasteiger partial charge in [-0.2, -0.15) is 0 Å². The minimum atomic E-state index is -0.592.